The second-order valence-corrected chi connectivity index (χ2v) is 9.55. The van der Waals surface area contributed by atoms with Gasteiger partial charge in [0, 0.05) is 40.8 Å². The van der Waals surface area contributed by atoms with Gasteiger partial charge in [-0.2, -0.15) is 0 Å². The van der Waals surface area contributed by atoms with E-state index in [9.17, 15) is 0 Å². The Kier molecular flexibility index (Phi) is 5.38. The molecule has 2 aliphatic carbocycles. The smallest absolute Gasteiger partial charge is 0.0292 e. The summed E-state index contributed by atoms with van der Waals surface area (Å²) in [6.45, 7) is 3.55. The monoisotopic (exact) mass is 392 g/mol. The Balaban J connectivity index is 1.32. The number of aryl methyl sites for hydroxylation is 1. The van der Waals surface area contributed by atoms with Gasteiger partial charge in [-0.1, -0.05) is 55.4 Å². The molecule has 3 aliphatic rings. The first-order chi connectivity index (χ1) is 13.8. The Hall–Kier alpha value is -1.45. The lowest BCUT2D eigenvalue weighted by molar-refractivity contribution is 0.153. The summed E-state index contributed by atoms with van der Waals surface area (Å²) in [7, 11) is 0. The Morgan fingerprint density at radius 3 is 2.68 bits per heavy atom. The fourth-order valence-corrected chi connectivity index (χ4v) is 6.26. The highest BCUT2D eigenvalue weighted by Crippen LogP contribution is 2.39. The van der Waals surface area contributed by atoms with Gasteiger partial charge in [-0.15, -0.1) is 0 Å². The molecule has 3 heteroatoms. The molecule has 5 rings (SSSR count). The summed E-state index contributed by atoms with van der Waals surface area (Å²) in [4.78, 5) is 7.80. The van der Waals surface area contributed by atoms with Crippen LogP contribution in [-0.4, -0.2) is 34.4 Å². The van der Waals surface area contributed by atoms with E-state index in [1.807, 2.05) is 0 Å². The maximum atomic E-state index is 6.16. The molecular weight excluding hydrogens is 360 g/mol. The fraction of sp³-hybridized carbons (Fsp3) is 0.560. The molecule has 0 radical (unpaired) electrons. The van der Waals surface area contributed by atoms with Gasteiger partial charge in [0.1, 0.15) is 0 Å². The zero-order valence-corrected chi connectivity index (χ0v) is 17.7. The molecule has 0 unspecified atom stereocenters. The van der Waals surface area contributed by atoms with Crippen LogP contribution in [0.1, 0.15) is 60.2 Å². The van der Waals surface area contributed by atoms with Gasteiger partial charge in [0.2, 0.25) is 0 Å². The standard InChI is InChI=1S/C25H32N2S/c28-25-21-17-27(14-12-18-8-4-3-5-9-18)15-13-19(21)16-23-24(25)20-10-6-1-2-7-11-22(20)26-23/h3-5,8-9,19,21,26H,1-2,6-7,10-17H2/t19-,21+/m0/s1. The zero-order valence-electron chi connectivity index (χ0n) is 16.9. The lowest BCUT2D eigenvalue weighted by Crippen LogP contribution is -2.47. The molecule has 1 saturated heterocycles. The van der Waals surface area contributed by atoms with Crippen LogP contribution in [0, 0.1) is 11.8 Å². The van der Waals surface area contributed by atoms with E-state index in [-0.39, 0.29) is 0 Å². The molecule has 1 N–H and O–H groups in total. The molecule has 28 heavy (non-hydrogen) atoms. The molecule has 2 atom stereocenters. The van der Waals surface area contributed by atoms with Crippen molar-refractivity contribution in [1.82, 2.24) is 9.88 Å². The summed E-state index contributed by atoms with van der Waals surface area (Å²) in [5, 5.41) is 0. The van der Waals surface area contributed by atoms with Gasteiger partial charge in [-0.05, 0) is 68.5 Å². The van der Waals surface area contributed by atoms with Crippen molar-refractivity contribution < 1.29 is 0 Å². The Labute approximate surface area is 174 Å². The third-order valence-corrected chi connectivity index (χ3v) is 7.83. The number of nitrogens with zero attached hydrogens (tertiary/aromatic N) is 1. The minimum Gasteiger partial charge on any atom is -0.361 e. The van der Waals surface area contributed by atoms with Gasteiger partial charge in [0.25, 0.3) is 0 Å². The SMILES string of the molecule is S=C1c2c([nH]c3c2CCCCCC3)C[C@@H]2CCN(CCc3ccccc3)C[C@@H]12. The lowest BCUT2D eigenvalue weighted by atomic mass is 9.73. The number of hydrogen-bond donors (Lipinski definition) is 1. The first-order valence-electron chi connectivity index (χ1n) is 11.3. The topological polar surface area (TPSA) is 19.0 Å². The molecule has 0 saturated carbocycles. The summed E-state index contributed by atoms with van der Waals surface area (Å²) in [5.74, 6) is 1.33. The van der Waals surface area contributed by atoms with E-state index in [0.717, 1.165) is 25.4 Å². The van der Waals surface area contributed by atoms with Crippen LogP contribution in [-0.2, 0) is 25.7 Å². The normalized spacial score (nSPS) is 25.4. The average molecular weight is 393 g/mol. The van der Waals surface area contributed by atoms with Crippen LogP contribution < -0.4 is 0 Å². The van der Waals surface area contributed by atoms with Crippen molar-refractivity contribution in [1.29, 1.82) is 0 Å². The van der Waals surface area contributed by atoms with Crippen LogP contribution in [0.25, 0.3) is 0 Å². The largest absolute Gasteiger partial charge is 0.361 e. The molecule has 0 amide bonds. The molecule has 1 fully saturated rings. The van der Waals surface area contributed by atoms with Gasteiger partial charge < -0.3 is 9.88 Å². The molecule has 0 spiro atoms. The van der Waals surface area contributed by atoms with Crippen LogP contribution in [0.5, 0.6) is 0 Å². The number of fused-ring (bicyclic) bond motifs is 4. The van der Waals surface area contributed by atoms with E-state index in [2.05, 4.69) is 40.2 Å². The van der Waals surface area contributed by atoms with Crippen molar-refractivity contribution in [2.24, 2.45) is 11.8 Å². The van der Waals surface area contributed by atoms with Crippen LogP contribution in [0.2, 0.25) is 0 Å². The maximum Gasteiger partial charge on any atom is 0.0292 e. The van der Waals surface area contributed by atoms with E-state index in [0.29, 0.717) is 5.92 Å². The van der Waals surface area contributed by atoms with Gasteiger partial charge in [-0.25, -0.2) is 0 Å². The summed E-state index contributed by atoms with van der Waals surface area (Å²) in [5.41, 5.74) is 7.53. The number of benzene rings is 1. The van der Waals surface area contributed by atoms with Crippen molar-refractivity contribution in [3.8, 4) is 0 Å². The number of likely N-dealkylation sites (tertiary alicyclic amines) is 1. The minimum absolute atomic E-state index is 0.581. The van der Waals surface area contributed by atoms with Crippen molar-refractivity contribution in [2.45, 2.75) is 57.8 Å². The van der Waals surface area contributed by atoms with Gasteiger partial charge in [-0.3, -0.25) is 0 Å². The molecule has 2 nitrogen and oxygen atoms in total. The number of nitrogens with one attached hydrogen (secondary N) is 1. The van der Waals surface area contributed by atoms with Crippen LogP contribution in [0.3, 0.4) is 0 Å². The number of piperidine rings is 1. The van der Waals surface area contributed by atoms with Crippen molar-refractivity contribution in [2.75, 3.05) is 19.6 Å². The molecule has 2 aromatic rings. The summed E-state index contributed by atoms with van der Waals surface area (Å²) < 4.78 is 0. The van der Waals surface area contributed by atoms with Crippen molar-refractivity contribution in [3.05, 3.63) is 58.4 Å². The Bertz CT molecular complexity index is 838. The number of rotatable bonds is 3. The zero-order chi connectivity index (χ0) is 18.9. The summed E-state index contributed by atoms with van der Waals surface area (Å²) >= 11 is 6.16. The van der Waals surface area contributed by atoms with Crippen molar-refractivity contribution >= 4 is 17.1 Å². The van der Waals surface area contributed by atoms with E-state index in [1.54, 1.807) is 5.56 Å². The highest BCUT2D eigenvalue weighted by molar-refractivity contribution is 7.80. The number of H-pyrrole nitrogens is 1. The Morgan fingerprint density at radius 2 is 1.82 bits per heavy atom. The number of thiocarbonyl (C=S) groups is 1. The van der Waals surface area contributed by atoms with Gasteiger partial charge >= 0.3 is 0 Å². The van der Waals surface area contributed by atoms with Gasteiger partial charge in [0.15, 0.2) is 0 Å². The van der Waals surface area contributed by atoms with E-state index >= 15 is 0 Å². The Morgan fingerprint density at radius 1 is 1.00 bits per heavy atom. The quantitative estimate of drug-likeness (QED) is 0.730. The molecule has 1 aromatic heterocycles. The summed E-state index contributed by atoms with van der Waals surface area (Å²) in [6, 6.07) is 10.9. The third-order valence-electron chi connectivity index (χ3n) is 7.32. The molecule has 0 bridgehead atoms. The highest BCUT2D eigenvalue weighted by Gasteiger charge is 2.39. The molecule has 148 valence electrons. The highest BCUT2D eigenvalue weighted by atomic mass is 32.1. The first-order valence-corrected chi connectivity index (χ1v) is 11.7. The first kappa shape index (κ1) is 18.6. The lowest BCUT2D eigenvalue weighted by Gasteiger charge is -2.41. The van der Waals surface area contributed by atoms with Crippen LogP contribution in [0.15, 0.2) is 30.3 Å². The average Bonchev–Trinajstić information content (AvgIpc) is 3.04. The number of aromatic amines is 1. The maximum absolute atomic E-state index is 6.16. The number of aromatic nitrogens is 1. The van der Waals surface area contributed by atoms with E-state index in [1.165, 1.54) is 85.3 Å². The minimum atomic E-state index is 0.581. The fourth-order valence-electron chi connectivity index (χ4n) is 5.74. The second kappa shape index (κ2) is 8.12. The second-order valence-electron chi connectivity index (χ2n) is 9.11. The molecule has 1 aliphatic heterocycles. The van der Waals surface area contributed by atoms with Crippen molar-refractivity contribution in [3.63, 3.8) is 0 Å². The molecule has 1 aromatic carbocycles. The molecular formula is C25H32N2S. The summed E-state index contributed by atoms with van der Waals surface area (Å²) in [6.07, 6.45) is 11.6. The van der Waals surface area contributed by atoms with E-state index in [4.69, 9.17) is 12.2 Å². The third kappa shape index (κ3) is 3.59. The van der Waals surface area contributed by atoms with Crippen LogP contribution >= 0.6 is 12.2 Å². The van der Waals surface area contributed by atoms with Gasteiger partial charge in [0.05, 0.1) is 0 Å². The number of hydrogen-bond acceptors (Lipinski definition) is 2. The molecule has 2 heterocycles. The predicted octanol–water partition coefficient (Wildman–Crippen LogP) is 5.13. The predicted molar refractivity (Wildman–Crippen MR) is 120 cm³/mol. The van der Waals surface area contributed by atoms with E-state index < -0.39 is 0 Å². The van der Waals surface area contributed by atoms with Crippen LogP contribution in [0.4, 0.5) is 0 Å².